The van der Waals surface area contributed by atoms with E-state index in [0.717, 1.165) is 4.70 Å². The highest BCUT2D eigenvalue weighted by molar-refractivity contribution is 7.14. The number of ether oxygens (including phenoxy) is 1. The molecule has 6 nitrogen and oxygen atoms in total. The highest BCUT2D eigenvalue weighted by Crippen LogP contribution is 2.25. The van der Waals surface area contributed by atoms with E-state index >= 15 is 0 Å². The third kappa shape index (κ3) is 3.92. The van der Waals surface area contributed by atoms with E-state index in [1.165, 1.54) is 22.6 Å². The van der Waals surface area contributed by atoms with Gasteiger partial charge in [-0.3, -0.25) is 13.5 Å². The molecule has 25 heavy (non-hydrogen) atoms. The fourth-order valence-electron chi connectivity index (χ4n) is 2.72. The van der Waals surface area contributed by atoms with Crippen LogP contribution < -0.4 is 10.9 Å². The van der Waals surface area contributed by atoms with Gasteiger partial charge in [-0.1, -0.05) is 51.4 Å². The molecule has 0 spiro atoms. The number of aromatic nitrogens is 1. The summed E-state index contributed by atoms with van der Waals surface area (Å²) in [4.78, 5) is 37.5. The molecule has 0 fully saturated rings. The summed E-state index contributed by atoms with van der Waals surface area (Å²) in [6.07, 6.45) is 0. The molecule has 2 aromatic rings. The van der Waals surface area contributed by atoms with Gasteiger partial charge >= 0.3 is 5.97 Å². The number of hydrogen-bond acceptors (Lipinski definition) is 5. The Morgan fingerprint density at radius 3 is 2.28 bits per heavy atom. The normalized spacial score (nSPS) is 13.9. The molecule has 1 amide bonds. The molecule has 0 aliphatic carbocycles. The molecular weight excluding hydrogens is 340 g/mol. The lowest BCUT2D eigenvalue weighted by Crippen LogP contribution is -2.49. The van der Waals surface area contributed by atoms with Crippen molar-refractivity contribution in [3.63, 3.8) is 0 Å². The van der Waals surface area contributed by atoms with Gasteiger partial charge in [0.05, 0.1) is 17.2 Å². The number of nitrogens with one attached hydrogen (secondary N) is 1. The standard InChI is InChI=1S/C18H24N2O4S/c1-10(2)14(18(23)24-5)19-16(21)15(11(3)4)20-17(22)12-8-6-7-9-13(12)25-20/h6-11,14-15H,1-5H3,(H,19,21)/t14-,15-/m0/s1. The first kappa shape index (κ1) is 19.2. The fourth-order valence-corrected chi connectivity index (χ4v) is 3.95. The van der Waals surface area contributed by atoms with E-state index in [-0.39, 0.29) is 23.3 Å². The molecule has 7 heteroatoms. The maximum absolute atomic E-state index is 12.9. The smallest absolute Gasteiger partial charge is 0.328 e. The number of nitrogens with zero attached hydrogens (tertiary/aromatic N) is 1. The van der Waals surface area contributed by atoms with Gasteiger partial charge in [0.2, 0.25) is 5.91 Å². The lowest BCUT2D eigenvalue weighted by atomic mass is 10.0. The first-order valence-electron chi connectivity index (χ1n) is 8.26. The molecule has 0 saturated carbocycles. The van der Waals surface area contributed by atoms with Crippen LogP contribution in [-0.4, -0.2) is 29.0 Å². The van der Waals surface area contributed by atoms with Crippen molar-refractivity contribution >= 4 is 33.5 Å². The van der Waals surface area contributed by atoms with Crippen LogP contribution in [0.4, 0.5) is 0 Å². The van der Waals surface area contributed by atoms with Crippen LogP contribution in [0.5, 0.6) is 0 Å². The summed E-state index contributed by atoms with van der Waals surface area (Å²) in [6.45, 7) is 7.42. The Kier molecular flexibility index (Phi) is 6.00. The van der Waals surface area contributed by atoms with E-state index in [2.05, 4.69) is 5.32 Å². The number of fused-ring (bicyclic) bond motifs is 1. The van der Waals surface area contributed by atoms with Crippen LogP contribution in [0.25, 0.3) is 10.1 Å². The number of carbonyl (C=O) groups excluding carboxylic acids is 2. The Morgan fingerprint density at radius 2 is 1.76 bits per heavy atom. The number of rotatable bonds is 6. The van der Waals surface area contributed by atoms with E-state index in [9.17, 15) is 14.4 Å². The number of esters is 1. The predicted molar refractivity (Wildman–Crippen MR) is 98.7 cm³/mol. The summed E-state index contributed by atoms with van der Waals surface area (Å²) in [5, 5.41) is 3.35. The van der Waals surface area contributed by atoms with Gasteiger partial charge in [-0.05, 0) is 24.0 Å². The molecule has 0 aliphatic rings. The van der Waals surface area contributed by atoms with Crippen LogP contribution in [0.15, 0.2) is 29.1 Å². The van der Waals surface area contributed by atoms with Crippen molar-refractivity contribution in [2.75, 3.05) is 7.11 Å². The van der Waals surface area contributed by atoms with Crippen molar-refractivity contribution in [3.05, 3.63) is 34.6 Å². The van der Waals surface area contributed by atoms with E-state index in [0.29, 0.717) is 5.39 Å². The minimum Gasteiger partial charge on any atom is -0.467 e. The van der Waals surface area contributed by atoms with Crippen LogP contribution in [0, 0.1) is 11.8 Å². The highest BCUT2D eigenvalue weighted by Gasteiger charge is 2.32. The summed E-state index contributed by atoms with van der Waals surface area (Å²) in [7, 11) is 1.29. The zero-order valence-corrected chi connectivity index (χ0v) is 15.9. The van der Waals surface area contributed by atoms with Gasteiger partial charge in [-0.2, -0.15) is 0 Å². The van der Waals surface area contributed by atoms with Gasteiger partial charge in [0.25, 0.3) is 5.56 Å². The highest BCUT2D eigenvalue weighted by atomic mass is 32.1. The van der Waals surface area contributed by atoms with Crippen molar-refractivity contribution in [1.29, 1.82) is 0 Å². The van der Waals surface area contributed by atoms with Crippen molar-refractivity contribution < 1.29 is 14.3 Å². The Bertz CT molecular complexity index is 822. The first-order valence-corrected chi connectivity index (χ1v) is 9.04. The van der Waals surface area contributed by atoms with Crippen molar-refractivity contribution in [1.82, 2.24) is 9.27 Å². The largest absolute Gasteiger partial charge is 0.467 e. The summed E-state index contributed by atoms with van der Waals surface area (Å²) in [5.74, 6) is -1.08. The molecule has 0 aliphatic heterocycles. The van der Waals surface area contributed by atoms with Crippen LogP contribution in [0.2, 0.25) is 0 Å². The Hall–Kier alpha value is -2.15. The second-order valence-corrected chi connectivity index (χ2v) is 7.68. The van der Waals surface area contributed by atoms with Crippen LogP contribution >= 0.6 is 11.5 Å². The van der Waals surface area contributed by atoms with Crippen molar-refractivity contribution in [2.45, 2.75) is 39.8 Å². The van der Waals surface area contributed by atoms with Crippen molar-refractivity contribution in [3.8, 4) is 0 Å². The lowest BCUT2D eigenvalue weighted by molar-refractivity contribution is -0.147. The molecule has 2 rings (SSSR count). The van der Waals surface area contributed by atoms with Crippen LogP contribution in [-0.2, 0) is 14.3 Å². The first-order chi connectivity index (χ1) is 11.8. The Balaban J connectivity index is 2.40. The molecular formula is C18H24N2O4S. The molecule has 1 N–H and O–H groups in total. The SMILES string of the molecule is COC(=O)[C@@H](NC(=O)[C@H](C(C)C)n1sc2ccccc2c1=O)C(C)C. The maximum atomic E-state index is 12.9. The van der Waals surface area contributed by atoms with Gasteiger partial charge in [0, 0.05) is 0 Å². The minimum atomic E-state index is -0.746. The number of methoxy groups -OCH3 is 1. The molecule has 136 valence electrons. The monoisotopic (exact) mass is 364 g/mol. The van der Waals surface area contributed by atoms with Gasteiger partial charge in [-0.25, -0.2) is 4.79 Å². The predicted octanol–water partition coefficient (Wildman–Crippen LogP) is 2.57. The van der Waals surface area contributed by atoms with E-state index in [1.54, 1.807) is 12.1 Å². The molecule has 0 saturated heterocycles. The molecule has 0 unspecified atom stereocenters. The molecule has 1 aromatic carbocycles. The second kappa shape index (κ2) is 7.82. The second-order valence-electron chi connectivity index (χ2n) is 6.66. The van der Waals surface area contributed by atoms with E-state index in [4.69, 9.17) is 4.74 Å². The zero-order valence-electron chi connectivity index (χ0n) is 15.1. The zero-order chi connectivity index (χ0) is 18.7. The average molecular weight is 364 g/mol. The van der Waals surface area contributed by atoms with Crippen molar-refractivity contribution in [2.24, 2.45) is 11.8 Å². The maximum Gasteiger partial charge on any atom is 0.328 e. The van der Waals surface area contributed by atoms with Gasteiger partial charge < -0.3 is 10.1 Å². The molecule has 1 aromatic heterocycles. The molecule has 2 atom stereocenters. The van der Waals surface area contributed by atoms with Crippen LogP contribution in [0.1, 0.15) is 33.7 Å². The third-order valence-electron chi connectivity index (χ3n) is 4.09. The minimum absolute atomic E-state index is 0.115. The van der Waals surface area contributed by atoms with E-state index < -0.39 is 18.1 Å². The molecule has 0 radical (unpaired) electrons. The summed E-state index contributed by atoms with van der Waals surface area (Å²) in [6, 6.07) is 5.85. The average Bonchev–Trinajstić information content (AvgIpc) is 2.88. The number of amides is 1. The van der Waals surface area contributed by atoms with Gasteiger partial charge in [-0.15, -0.1) is 0 Å². The Morgan fingerprint density at radius 1 is 1.12 bits per heavy atom. The third-order valence-corrected chi connectivity index (χ3v) is 5.23. The molecule has 1 heterocycles. The lowest BCUT2D eigenvalue weighted by Gasteiger charge is -2.25. The topological polar surface area (TPSA) is 77.4 Å². The van der Waals surface area contributed by atoms with E-state index in [1.807, 2.05) is 39.8 Å². The fraction of sp³-hybridized carbons (Fsp3) is 0.500. The van der Waals surface area contributed by atoms with Gasteiger partial charge in [0.1, 0.15) is 12.1 Å². The quantitative estimate of drug-likeness (QED) is 0.799. The summed E-state index contributed by atoms with van der Waals surface area (Å²) in [5.41, 5.74) is -0.186. The number of carbonyl (C=O) groups is 2. The molecule has 0 bridgehead atoms. The Labute approximate surface area is 150 Å². The number of hydrogen-bond donors (Lipinski definition) is 1. The number of benzene rings is 1. The summed E-state index contributed by atoms with van der Waals surface area (Å²) < 4.78 is 7.10. The van der Waals surface area contributed by atoms with Gasteiger partial charge in [0.15, 0.2) is 0 Å². The summed E-state index contributed by atoms with van der Waals surface area (Å²) >= 11 is 1.27. The van der Waals surface area contributed by atoms with Crippen LogP contribution in [0.3, 0.4) is 0 Å².